The van der Waals surface area contributed by atoms with E-state index in [1.807, 2.05) is 72.8 Å². The molecule has 262 valence electrons. The van der Waals surface area contributed by atoms with Crippen LogP contribution in [-0.2, 0) is 0 Å². The van der Waals surface area contributed by atoms with Crippen LogP contribution >= 0.6 is 0 Å². The summed E-state index contributed by atoms with van der Waals surface area (Å²) in [4.78, 5) is 15.2. The van der Waals surface area contributed by atoms with E-state index in [0.717, 1.165) is 72.0 Å². The van der Waals surface area contributed by atoms with Gasteiger partial charge in [0, 0.05) is 38.2 Å². The number of nitrogens with zero attached hydrogens (tertiary/aromatic N) is 4. The van der Waals surface area contributed by atoms with Gasteiger partial charge in [0.1, 0.15) is 5.58 Å². The van der Waals surface area contributed by atoms with Crippen LogP contribution in [0.25, 0.3) is 106 Å². The molecule has 0 fully saturated rings. The Hall–Kier alpha value is -7.63. The maximum atomic E-state index is 7.01. The molecular formula is C51H32N4O. The highest BCUT2D eigenvalue weighted by Crippen LogP contribution is 2.44. The first kappa shape index (κ1) is 31.9. The average molecular weight is 717 g/mol. The van der Waals surface area contributed by atoms with Crippen LogP contribution in [-0.4, -0.2) is 19.5 Å². The first-order valence-electron chi connectivity index (χ1n) is 18.8. The molecule has 0 aliphatic rings. The van der Waals surface area contributed by atoms with Crippen molar-refractivity contribution in [2.75, 3.05) is 0 Å². The number of aromatic nitrogens is 4. The second-order valence-corrected chi connectivity index (χ2v) is 14.0. The second kappa shape index (κ2) is 13.0. The largest absolute Gasteiger partial charge is 0.454 e. The summed E-state index contributed by atoms with van der Waals surface area (Å²) in [5.41, 5.74) is 12.0. The molecule has 3 aromatic heterocycles. The molecule has 0 saturated carbocycles. The standard InChI is InChI=1S/C51H32N4O/c1-5-16-33(17-6-1)37-28-29-40-39-24-13-14-26-43(39)55(44(40)31-37)45-32-38(34-18-7-2-8-19-34)30-42-47-41(25-15-27-46(47)56-48(42)45)51-53-49(35-20-9-3-10-21-35)52-50(54-51)36-22-11-4-12-23-36/h1-32H. The summed E-state index contributed by atoms with van der Waals surface area (Å²) >= 11 is 0. The summed E-state index contributed by atoms with van der Waals surface area (Å²) in [7, 11) is 0. The van der Waals surface area contributed by atoms with Crippen molar-refractivity contribution in [1.29, 1.82) is 0 Å². The summed E-state index contributed by atoms with van der Waals surface area (Å²) in [5, 5.41) is 4.31. The van der Waals surface area contributed by atoms with Crippen molar-refractivity contribution in [3.63, 3.8) is 0 Å². The smallest absolute Gasteiger partial charge is 0.164 e. The van der Waals surface area contributed by atoms with Gasteiger partial charge in [-0.05, 0) is 52.6 Å². The average Bonchev–Trinajstić information content (AvgIpc) is 3.83. The Morgan fingerprint density at radius 3 is 1.57 bits per heavy atom. The van der Waals surface area contributed by atoms with Gasteiger partial charge in [0.15, 0.2) is 23.1 Å². The molecule has 0 bridgehead atoms. The predicted octanol–water partition coefficient (Wildman–Crippen LogP) is 13.2. The van der Waals surface area contributed by atoms with Crippen LogP contribution in [0, 0.1) is 0 Å². The number of hydrogen-bond acceptors (Lipinski definition) is 4. The summed E-state index contributed by atoms with van der Waals surface area (Å²) in [5.74, 6) is 1.82. The summed E-state index contributed by atoms with van der Waals surface area (Å²) in [6.07, 6.45) is 0. The molecule has 0 aliphatic carbocycles. The van der Waals surface area contributed by atoms with Crippen LogP contribution < -0.4 is 0 Å². The minimum absolute atomic E-state index is 0.585. The molecular weight excluding hydrogens is 685 g/mol. The Labute approximate surface area is 322 Å². The van der Waals surface area contributed by atoms with Crippen LogP contribution in [0.2, 0.25) is 0 Å². The predicted molar refractivity (Wildman–Crippen MR) is 229 cm³/mol. The lowest BCUT2D eigenvalue weighted by Crippen LogP contribution is -2.00. The maximum absolute atomic E-state index is 7.01. The molecule has 11 rings (SSSR count). The molecule has 0 N–H and O–H groups in total. The van der Waals surface area contributed by atoms with Crippen molar-refractivity contribution >= 4 is 43.7 Å². The normalized spacial score (nSPS) is 11.6. The first-order valence-corrected chi connectivity index (χ1v) is 18.8. The Bertz CT molecular complexity index is 3170. The van der Waals surface area contributed by atoms with E-state index in [2.05, 4.69) is 126 Å². The van der Waals surface area contributed by atoms with Gasteiger partial charge in [-0.2, -0.15) is 0 Å². The van der Waals surface area contributed by atoms with Gasteiger partial charge < -0.3 is 8.98 Å². The van der Waals surface area contributed by atoms with Gasteiger partial charge in [-0.25, -0.2) is 15.0 Å². The van der Waals surface area contributed by atoms with Crippen LogP contribution in [0.15, 0.2) is 199 Å². The number of benzene rings is 8. The van der Waals surface area contributed by atoms with E-state index in [-0.39, 0.29) is 0 Å². The maximum Gasteiger partial charge on any atom is 0.164 e. The molecule has 5 heteroatoms. The molecule has 0 radical (unpaired) electrons. The molecule has 5 nitrogen and oxygen atoms in total. The Morgan fingerprint density at radius 1 is 0.357 bits per heavy atom. The highest BCUT2D eigenvalue weighted by molar-refractivity contribution is 6.17. The first-order chi connectivity index (χ1) is 27.8. The fourth-order valence-electron chi connectivity index (χ4n) is 8.03. The van der Waals surface area contributed by atoms with Gasteiger partial charge in [0.05, 0.1) is 16.7 Å². The van der Waals surface area contributed by atoms with E-state index >= 15 is 0 Å². The third-order valence-electron chi connectivity index (χ3n) is 10.6. The Kier molecular flexibility index (Phi) is 7.42. The molecule has 3 heterocycles. The lowest BCUT2D eigenvalue weighted by Gasteiger charge is -2.13. The number of rotatable bonds is 6. The topological polar surface area (TPSA) is 56.7 Å². The van der Waals surface area contributed by atoms with E-state index in [9.17, 15) is 0 Å². The van der Waals surface area contributed by atoms with Crippen molar-refractivity contribution in [3.8, 4) is 62.1 Å². The molecule has 0 atom stereocenters. The van der Waals surface area contributed by atoms with Gasteiger partial charge >= 0.3 is 0 Å². The fraction of sp³-hybridized carbons (Fsp3) is 0. The van der Waals surface area contributed by atoms with Gasteiger partial charge in [-0.1, -0.05) is 164 Å². The van der Waals surface area contributed by atoms with Crippen LogP contribution in [0.1, 0.15) is 0 Å². The lowest BCUT2D eigenvalue weighted by atomic mass is 9.99. The molecule has 11 aromatic rings. The number of furan rings is 1. The van der Waals surface area contributed by atoms with E-state index < -0.39 is 0 Å². The van der Waals surface area contributed by atoms with Gasteiger partial charge in [-0.3, -0.25) is 0 Å². The number of hydrogen-bond donors (Lipinski definition) is 0. The zero-order valence-electron chi connectivity index (χ0n) is 30.2. The molecule has 0 aliphatic heterocycles. The second-order valence-electron chi connectivity index (χ2n) is 14.0. The summed E-state index contributed by atoms with van der Waals surface area (Å²) in [6, 6.07) is 67.4. The lowest BCUT2D eigenvalue weighted by molar-refractivity contribution is 0.666. The van der Waals surface area contributed by atoms with Crippen LogP contribution in [0.5, 0.6) is 0 Å². The molecule has 0 spiro atoms. The number of fused-ring (bicyclic) bond motifs is 6. The minimum atomic E-state index is 0.585. The number of para-hydroxylation sites is 1. The molecule has 8 aromatic carbocycles. The summed E-state index contributed by atoms with van der Waals surface area (Å²) < 4.78 is 9.38. The van der Waals surface area contributed by atoms with E-state index in [1.165, 1.54) is 16.3 Å². The van der Waals surface area contributed by atoms with E-state index in [1.54, 1.807) is 0 Å². The van der Waals surface area contributed by atoms with Crippen molar-refractivity contribution in [2.24, 2.45) is 0 Å². The third-order valence-corrected chi connectivity index (χ3v) is 10.6. The van der Waals surface area contributed by atoms with Crippen molar-refractivity contribution < 1.29 is 4.42 Å². The Morgan fingerprint density at radius 2 is 0.911 bits per heavy atom. The summed E-state index contributed by atoms with van der Waals surface area (Å²) in [6.45, 7) is 0. The highest BCUT2D eigenvalue weighted by Gasteiger charge is 2.23. The van der Waals surface area contributed by atoms with Crippen LogP contribution in [0.3, 0.4) is 0 Å². The van der Waals surface area contributed by atoms with Crippen molar-refractivity contribution in [1.82, 2.24) is 19.5 Å². The SMILES string of the molecule is c1ccc(-c2cc(-n3c4ccccc4c4ccc(-c5ccccc5)cc43)c3oc4cccc(-c5nc(-c6ccccc6)nc(-c6ccccc6)n5)c4c3c2)cc1. The molecule has 0 amide bonds. The zero-order valence-corrected chi connectivity index (χ0v) is 30.2. The molecule has 56 heavy (non-hydrogen) atoms. The van der Waals surface area contributed by atoms with Crippen LogP contribution in [0.4, 0.5) is 0 Å². The van der Waals surface area contributed by atoms with Gasteiger partial charge in [0.25, 0.3) is 0 Å². The quantitative estimate of drug-likeness (QED) is 0.172. The third kappa shape index (κ3) is 5.29. The minimum Gasteiger partial charge on any atom is -0.454 e. The van der Waals surface area contributed by atoms with E-state index in [0.29, 0.717) is 17.5 Å². The van der Waals surface area contributed by atoms with Crippen molar-refractivity contribution in [2.45, 2.75) is 0 Å². The fourth-order valence-corrected chi connectivity index (χ4v) is 8.03. The van der Waals surface area contributed by atoms with E-state index in [4.69, 9.17) is 19.4 Å². The van der Waals surface area contributed by atoms with Crippen molar-refractivity contribution in [3.05, 3.63) is 194 Å². The molecule has 0 saturated heterocycles. The molecule has 0 unspecified atom stereocenters. The Balaban J connectivity index is 1.23. The zero-order chi connectivity index (χ0) is 37.0. The highest BCUT2D eigenvalue weighted by atomic mass is 16.3. The van der Waals surface area contributed by atoms with Gasteiger partial charge in [0.2, 0.25) is 0 Å². The monoisotopic (exact) mass is 716 g/mol. The van der Waals surface area contributed by atoms with Gasteiger partial charge in [-0.15, -0.1) is 0 Å².